The van der Waals surface area contributed by atoms with Crippen LogP contribution in [0.2, 0.25) is 0 Å². The van der Waals surface area contributed by atoms with E-state index in [0.29, 0.717) is 10.9 Å². The van der Waals surface area contributed by atoms with E-state index < -0.39 is 15.8 Å². The van der Waals surface area contributed by atoms with Gasteiger partial charge in [0.1, 0.15) is 17.3 Å². The fourth-order valence-corrected chi connectivity index (χ4v) is 4.82. The molecule has 0 N–H and O–H groups in total. The normalized spacial score (nSPS) is 12.0. The van der Waals surface area contributed by atoms with Gasteiger partial charge >= 0.3 is 0 Å². The molecule has 0 bridgehead atoms. The van der Waals surface area contributed by atoms with Gasteiger partial charge in [0, 0.05) is 30.2 Å². The maximum atomic E-state index is 13.4. The van der Waals surface area contributed by atoms with E-state index >= 15 is 0 Å². The standard InChI is InChI=1S/C21H18BrN3O3S/c1-14-4-7-18(8-5-14)29(27,28)25-19-9-6-17(22)10-15(19)11-20(25)21(26)16(12-23)13-24(2)3/h4-11,13H,1-3H3. The number of allylic oxidation sites excluding steroid dienone is 1. The van der Waals surface area contributed by atoms with Gasteiger partial charge in [0.15, 0.2) is 0 Å². The average molecular weight is 472 g/mol. The zero-order chi connectivity index (χ0) is 21.3. The molecule has 0 aliphatic heterocycles. The molecule has 148 valence electrons. The first-order chi connectivity index (χ1) is 13.6. The number of fused-ring (bicyclic) bond motifs is 1. The highest BCUT2D eigenvalue weighted by Crippen LogP contribution is 2.29. The molecule has 0 aliphatic carbocycles. The number of nitriles is 1. The quantitative estimate of drug-likeness (QED) is 0.317. The predicted molar refractivity (Wildman–Crippen MR) is 115 cm³/mol. The van der Waals surface area contributed by atoms with Crippen LogP contribution in [0.25, 0.3) is 10.9 Å². The monoisotopic (exact) mass is 471 g/mol. The summed E-state index contributed by atoms with van der Waals surface area (Å²) in [6.07, 6.45) is 1.37. The molecule has 3 aromatic rings. The number of hydrogen-bond donors (Lipinski definition) is 0. The Kier molecular flexibility index (Phi) is 5.64. The topological polar surface area (TPSA) is 83.2 Å². The molecule has 0 unspecified atom stereocenters. The van der Waals surface area contributed by atoms with E-state index in [9.17, 15) is 18.5 Å². The number of Topliss-reactive ketones (excluding diaryl/α,β-unsaturated/α-hetero) is 1. The second-order valence-electron chi connectivity index (χ2n) is 6.76. The second-order valence-corrected chi connectivity index (χ2v) is 9.46. The fourth-order valence-electron chi connectivity index (χ4n) is 2.93. The van der Waals surface area contributed by atoms with Crippen molar-refractivity contribution in [3.05, 3.63) is 76.0 Å². The Morgan fingerprint density at radius 1 is 1.14 bits per heavy atom. The zero-order valence-corrected chi connectivity index (χ0v) is 18.5. The second kappa shape index (κ2) is 7.85. The van der Waals surface area contributed by atoms with E-state index in [1.807, 2.05) is 13.0 Å². The maximum Gasteiger partial charge on any atom is 0.268 e. The van der Waals surface area contributed by atoms with Gasteiger partial charge in [-0.15, -0.1) is 0 Å². The van der Waals surface area contributed by atoms with Gasteiger partial charge in [-0.25, -0.2) is 12.4 Å². The number of carbonyl (C=O) groups is 1. The lowest BCUT2D eigenvalue weighted by Crippen LogP contribution is -2.20. The lowest BCUT2D eigenvalue weighted by Gasteiger charge is -2.12. The number of rotatable bonds is 5. The molecular formula is C21H18BrN3O3S. The molecule has 2 aromatic carbocycles. The SMILES string of the molecule is Cc1ccc(S(=O)(=O)n2c(C(=O)C(C#N)=CN(C)C)cc3cc(Br)ccc32)cc1. The number of halogens is 1. The molecule has 1 heterocycles. The van der Waals surface area contributed by atoms with Crippen molar-refractivity contribution in [2.75, 3.05) is 14.1 Å². The molecule has 29 heavy (non-hydrogen) atoms. The molecule has 0 saturated carbocycles. The van der Waals surface area contributed by atoms with E-state index in [0.717, 1.165) is 14.0 Å². The lowest BCUT2D eigenvalue weighted by atomic mass is 10.1. The summed E-state index contributed by atoms with van der Waals surface area (Å²) in [6.45, 7) is 1.86. The van der Waals surface area contributed by atoms with E-state index in [-0.39, 0.29) is 16.2 Å². The van der Waals surface area contributed by atoms with Crippen molar-refractivity contribution < 1.29 is 13.2 Å². The third kappa shape index (κ3) is 3.97. The molecule has 0 atom stereocenters. The van der Waals surface area contributed by atoms with Crippen LogP contribution in [-0.4, -0.2) is 37.2 Å². The van der Waals surface area contributed by atoms with Crippen molar-refractivity contribution in [2.24, 2.45) is 0 Å². The smallest absolute Gasteiger partial charge is 0.268 e. The Balaban J connectivity index is 2.33. The van der Waals surface area contributed by atoms with Crippen LogP contribution < -0.4 is 0 Å². The van der Waals surface area contributed by atoms with Crippen LogP contribution in [-0.2, 0) is 10.0 Å². The molecule has 6 nitrogen and oxygen atoms in total. The van der Waals surface area contributed by atoms with Gasteiger partial charge in [0.05, 0.1) is 10.4 Å². The van der Waals surface area contributed by atoms with Gasteiger partial charge < -0.3 is 4.90 Å². The number of aryl methyl sites for hydroxylation is 1. The summed E-state index contributed by atoms with van der Waals surface area (Å²) in [4.78, 5) is 14.7. The van der Waals surface area contributed by atoms with E-state index in [2.05, 4.69) is 15.9 Å². The van der Waals surface area contributed by atoms with Gasteiger partial charge in [-0.3, -0.25) is 4.79 Å². The highest BCUT2D eigenvalue weighted by Gasteiger charge is 2.28. The first kappa shape index (κ1) is 20.8. The van der Waals surface area contributed by atoms with Crippen molar-refractivity contribution in [3.8, 4) is 6.07 Å². The van der Waals surface area contributed by atoms with Crippen molar-refractivity contribution in [1.82, 2.24) is 8.87 Å². The number of carbonyl (C=O) groups excluding carboxylic acids is 1. The van der Waals surface area contributed by atoms with Crippen molar-refractivity contribution in [2.45, 2.75) is 11.8 Å². The van der Waals surface area contributed by atoms with Crippen molar-refractivity contribution in [1.29, 1.82) is 5.26 Å². The Morgan fingerprint density at radius 3 is 2.38 bits per heavy atom. The Labute approximate surface area is 177 Å². The van der Waals surface area contributed by atoms with Crippen LogP contribution in [0.3, 0.4) is 0 Å². The minimum Gasteiger partial charge on any atom is -0.382 e. The Hall–Kier alpha value is -2.89. The first-order valence-electron chi connectivity index (χ1n) is 8.61. The fraction of sp³-hybridized carbons (Fsp3) is 0.143. The zero-order valence-electron chi connectivity index (χ0n) is 16.0. The summed E-state index contributed by atoms with van der Waals surface area (Å²) in [6, 6.07) is 14.8. The van der Waals surface area contributed by atoms with Crippen LogP contribution in [0.5, 0.6) is 0 Å². The molecule has 0 amide bonds. The molecule has 0 aliphatic rings. The average Bonchev–Trinajstić information content (AvgIpc) is 3.05. The van der Waals surface area contributed by atoms with Gasteiger partial charge in [-0.05, 0) is 43.3 Å². The largest absolute Gasteiger partial charge is 0.382 e. The molecule has 0 radical (unpaired) electrons. The van der Waals surface area contributed by atoms with Crippen LogP contribution in [0.15, 0.2) is 69.7 Å². The molecule has 0 saturated heterocycles. The minimum absolute atomic E-state index is 0.0627. The highest BCUT2D eigenvalue weighted by atomic mass is 79.9. The third-order valence-corrected chi connectivity index (χ3v) is 6.50. The number of ketones is 1. The van der Waals surface area contributed by atoms with E-state index in [1.165, 1.54) is 24.4 Å². The molecular weight excluding hydrogens is 454 g/mol. The van der Waals surface area contributed by atoms with Crippen LogP contribution in [0, 0.1) is 18.3 Å². The molecule has 8 heteroatoms. The minimum atomic E-state index is -4.07. The first-order valence-corrected chi connectivity index (χ1v) is 10.8. The number of nitrogens with zero attached hydrogens (tertiary/aromatic N) is 3. The molecule has 1 aromatic heterocycles. The van der Waals surface area contributed by atoms with Crippen LogP contribution in [0.1, 0.15) is 16.1 Å². The number of aromatic nitrogens is 1. The summed E-state index contributed by atoms with van der Waals surface area (Å²) in [5, 5.41) is 10.0. The summed E-state index contributed by atoms with van der Waals surface area (Å²) in [5.41, 5.74) is 1.03. The summed E-state index contributed by atoms with van der Waals surface area (Å²) < 4.78 is 28.7. The van der Waals surface area contributed by atoms with E-state index in [1.54, 1.807) is 49.3 Å². The van der Waals surface area contributed by atoms with Gasteiger partial charge in [0.25, 0.3) is 10.0 Å². The van der Waals surface area contributed by atoms with Crippen molar-refractivity contribution in [3.63, 3.8) is 0 Å². The van der Waals surface area contributed by atoms with Crippen molar-refractivity contribution >= 4 is 42.6 Å². The predicted octanol–water partition coefficient (Wildman–Crippen LogP) is 4.10. The molecule has 0 spiro atoms. The summed E-state index contributed by atoms with van der Waals surface area (Å²) in [7, 11) is -0.706. The third-order valence-electron chi connectivity index (χ3n) is 4.26. The van der Waals surface area contributed by atoms with Gasteiger partial charge in [-0.2, -0.15) is 5.26 Å². The summed E-state index contributed by atoms with van der Waals surface area (Å²) >= 11 is 3.37. The molecule has 0 fully saturated rings. The van der Waals surface area contributed by atoms with Crippen LogP contribution >= 0.6 is 15.9 Å². The Morgan fingerprint density at radius 2 is 1.79 bits per heavy atom. The number of benzene rings is 2. The van der Waals surface area contributed by atoms with Gasteiger partial charge in [0.2, 0.25) is 5.78 Å². The maximum absolute atomic E-state index is 13.4. The van der Waals surface area contributed by atoms with Gasteiger partial charge in [-0.1, -0.05) is 33.6 Å². The Bertz CT molecular complexity index is 1280. The molecule has 3 rings (SSSR count). The summed E-state index contributed by atoms with van der Waals surface area (Å²) in [5.74, 6) is -0.663. The van der Waals surface area contributed by atoms with E-state index in [4.69, 9.17) is 0 Å². The lowest BCUT2D eigenvalue weighted by molar-refractivity contribution is 0.103. The number of hydrogen-bond acceptors (Lipinski definition) is 5. The van der Waals surface area contributed by atoms with Crippen LogP contribution in [0.4, 0.5) is 0 Å². The highest BCUT2D eigenvalue weighted by molar-refractivity contribution is 9.10.